The standard InChI is InChI=1S/C15H9FN2O2/c16-14-5-1-11(2-6-14)9-13(10-17)12-3-7-15(8-4-12)18(19)20/h1-9H. The molecule has 0 unspecified atom stereocenters. The Bertz CT molecular complexity index is 698. The summed E-state index contributed by atoms with van der Waals surface area (Å²) in [5.74, 6) is -0.351. The fraction of sp³-hybridized carbons (Fsp3) is 0. The van der Waals surface area contributed by atoms with Crippen molar-refractivity contribution in [1.82, 2.24) is 0 Å². The third kappa shape index (κ3) is 3.06. The number of allylic oxidation sites excluding steroid dienone is 1. The number of non-ortho nitro benzene ring substituents is 1. The zero-order valence-corrected chi connectivity index (χ0v) is 10.3. The Labute approximate surface area is 114 Å². The molecule has 0 atom stereocenters. The van der Waals surface area contributed by atoms with Crippen LogP contribution >= 0.6 is 0 Å². The highest BCUT2D eigenvalue weighted by Crippen LogP contribution is 2.20. The summed E-state index contributed by atoms with van der Waals surface area (Å²) >= 11 is 0. The van der Waals surface area contributed by atoms with Crippen molar-refractivity contribution in [3.05, 3.63) is 75.6 Å². The normalized spacial score (nSPS) is 10.9. The van der Waals surface area contributed by atoms with Crippen LogP contribution in [0, 0.1) is 27.3 Å². The summed E-state index contributed by atoms with van der Waals surface area (Å²) < 4.78 is 12.8. The van der Waals surface area contributed by atoms with Crippen LogP contribution in [0.25, 0.3) is 11.6 Å². The van der Waals surface area contributed by atoms with Crippen LogP contribution in [0.5, 0.6) is 0 Å². The van der Waals surface area contributed by atoms with E-state index in [1.807, 2.05) is 6.07 Å². The van der Waals surface area contributed by atoms with E-state index in [-0.39, 0.29) is 11.5 Å². The predicted octanol–water partition coefficient (Wildman–Crippen LogP) is 3.80. The van der Waals surface area contributed by atoms with Crippen LogP contribution in [0.1, 0.15) is 11.1 Å². The SMILES string of the molecule is N#CC(=Cc1ccc(F)cc1)c1ccc([N+](=O)[O-])cc1. The first-order chi connectivity index (χ1) is 9.60. The minimum atomic E-state index is -0.500. The Morgan fingerprint density at radius 1 is 1.15 bits per heavy atom. The van der Waals surface area contributed by atoms with Gasteiger partial charge in [-0.1, -0.05) is 12.1 Å². The maximum Gasteiger partial charge on any atom is 0.269 e. The van der Waals surface area contributed by atoms with Crippen molar-refractivity contribution in [3.63, 3.8) is 0 Å². The summed E-state index contributed by atoms with van der Waals surface area (Å²) in [4.78, 5) is 10.1. The van der Waals surface area contributed by atoms with E-state index in [4.69, 9.17) is 5.26 Å². The van der Waals surface area contributed by atoms with Crippen molar-refractivity contribution in [1.29, 1.82) is 5.26 Å². The summed E-state index contributed by atoms with van der Waals surface area (Å²) in [6.45, 7) is 0. The van der Waals surface area contributed by atoms with Gasteiger partial charge in [0.05, 0.1) is 16.6 Å². The minimum absolute atomic E-state index is 0.0344. The Morgan fingerprint density at radius 2 is 1.75 bits per heavy atom. The van der Waals surface area contributed by atoms with Gasteiger partial charge in [0, 0.05) is 12.1 Å². The molecule has 2 rings (SSSR count). The first kappa shape index (κ1) is 13.4. The molecule has 0 heterocycles. The number of rotatable bonds is 3. The molecule has 0 N–H and O–H groups in total. The smallest absolute Gasteiger partial charge is 0.258 e. The van der Waals surface area contributed by atoms with Gasteiger partial charge in [0.1, 0.15) is 5.82 Å². The van der Waals surface area contributed by atoms with Crippen LogP contribution in [0.15, 0.2) is 48.5 Å². The molecule has 0 saturated heterocycles. The Hall–Kier alpha value is -3.00. The van der Waals surface area contributed by atoms with Crippen molar-refractivity contribution in [3.8, 4) is 6.07 Å². The first-order valence-electron chi connectivity index (χ1n) is 5.72. The molecular weight excluding hydrogens is 259 g/mol. The highest BCUT2D eigenvalue weighted by Gasteiger charge is 2.06. The number of benzene rings is 2. The van der Waals surface area contributed by atoms with E-state index in [2.05, 4.69) is 0 Å². The third-order valence-electron chi connectivity index (χ3n) is 2.69. The second kappa shape index (κ2) is 5.76. The van der Waals surface area contributed by atoms with Gasteiger partial charge >= 0.3 is 0 Å². The predicted molar refractivity (Wildman–Crippen MR) is 73.0 cm³/mol. The topological polar surface area (TPSA) is 66.9 Å². The summed E-state index contributed by atoms with van der Waals surface area (Å²) in [7, 11) is 0. The molecule has 0 amide bonds. The van der Waals surface area contributed by atoms with E-state index in [1.165, 1.54) is 36.4 Å². The van der Waals surface area contributed by atoms with E-state index >= 15 is 0 Å². The number of halogens is 1. The maximum atomic E-state index is 12.8. The molecule has 0 radical (unpaired) electrons. The monoisotopic (exact) mass is 268 g/mol. The fourth-order valence-corrected chi connectivity index (χ4v) is 1.67. The molecule has 4 nitrogen and oxygen atoms in total. The number of nitro groups is 1. The lowest BCUT2D eigenvalue weighted by molar-refractivity contribution is -0.384. The van der Waals surface area contributed by atoms with E-state index in [9.17, 15) is 14.5 Å². The first-order valence-corrected chi connectivity index (χ1v) is 5.72. The van der Waals surface area contributed by atoms with Gasteiger partial charge in [0.25, 0.3) is 5.69 Å². The van der Waals surface area contributed by atoms with E-state index in [0.29, 0.717) is 16.7 Å². The molecule has 0 aliphatic heterocycles. The van der Waals surface area contributed by atoms with Crippen LogP contribution in [0.4, 0.5) is 10.1 Å². The molecule has 0 fully saturated rings. The number of hydrogen-bond acceptors (Lipinski definition) is 3. The van der Waals surface area contributed by atoms with Crippen molar-refractivity contribution in [2.45, 2.75) is 0 Å². The van der Waals surface area contributed by atoms with Crippen LogP contribution < -0.4 is 0 Å². The van der Waals surface area contributed by atoms with Crippen molar-refractivity contribution < 1.29 is 9.31 Å². The molecule has 2 aromatic rings. The molecule has 0 aromatic heterocycles. The van der Waals surface area contributed by atoms with E-state index < -0.39 is 4.92 Å². The van der Waals surface area contributed by atoms with Gasteiger partial charge in [-0.2, -0.15) is 5.26 Å². The molecule has 0 bridgehead atoms. The average molecular weight is 268 g/mol. The molecule has 0 aliphatic carbocycles. The number of nitro benzene ring substituents is 1. The van der Waals surface area contributed by atoms with Gasteiger partial charge in [-0.3, -0.25) is 10.1 Å². The van der Waals surface area contributed by atoms with E-state index in [1.54, 1.807) is 18.2 Å². The molecular formula is C15H9FN2O2. The van der Waals surface area contributed by atoms with Gasteiger partial charge in [-0.15, -0.1) is 0 Å². The summed E-state index contributed by atoms with van der Waals surface area (Å²) in [5, 5.41) is 19.7. The van der Waals surface area contributed by atoms with Crippen molar-refractivity contribution >= 4 is 17.3 Å². The summed E-state index contributed by atoms with van der Waals surface area (Å²) in [5.41, 5.74) is 1.57. The summed E-state index contributed by atoms with van der Waals surface area (Å²) in [6, 6.07) is 13.4. The quantitative estimate of drug-likeness (QED) is 0.368. The second-order valence-corrected chi connectivity index (χ2v) is 4.03. The zero-order valence-electron chi connectivity index (χ0n) is 10.3. The molecule has 0 spiro atoms. The number of nitriles is 1. The minimum Gasteiger partial charge on any atom is -0.258 e. The zero-order chi connectivity index (χ0) is 14.5. The molecule has 2 aromatic carbocycles. The molecule has 0 aliphatic rings. The van der Waals surface area contributed by atoms with Crippen molar-refractivity contribution in [2.24, 2.45) is 0 Å². The lowest BCUT2D eigenvalue weighted by atomic mass is 10.0. The third-order valence-corrected chi connectivity index (χ3v) is 2.69. The molecule has 0 saturated carbocycles. The van der Waals surface area contributed by atoms with Crippen LogP contribution in [0.2, 0.25) is 0 Å². The largest absolute Gasteiger partial charge is 0.269 e. The molecule has 20 heavy (non-hydrogen) atoms. The van der Waals surface area contributed by atoms with Crippen molar-refractivity contribution in [2.75, 3.05) is 0 Å². The highest BCUT2D eigenvalue weighted by atomic mass is 19.1. The Morgan fingerprint density at radius 3 is 2.25 bits per heavy atom. The molecule has 5 heteroatoms. The fourth-order valence-electron chi connectivity index (χ4n) is 1.67. The number of nitrogens with zero attached hydrogens (tertiary/aromatic N) is 2. The van der Waals surface area contributed by atoms with Crippen LogP contribution in [0.3, 0.4) is 0 Å². The molecule has 98 valence electrons. The van der Waals surface area contributed by atoms with Gasteiger partial charge in [-0.25, -0.2) is 4.39 Å². The van der Waals surface area contributed by atoms with Gasteiger partial charge in [-0.05, 0) is 41.5 Å². The number of hydrogen-bond donors (Lipinski definition) is 0. The van der Waals surface area contributed by atoms with E-state index in [0.717, 1.165) is 0 Å². The van der Waals surface area contributed by atoms with Gasteiger partial charge in [0.15, 0.2) is 0 Å². The van der Waals surface area contributed by atoms with Gasteiger partial charge < -0.3 is 0 Å². The second-order valence-electron chi connectivity index (χ2n) is 4.03. The maximum absolute atomic E-state index is 12.8. The van der Waals surface area contributed by atoms with Crippen LogP contribution in [-0.4, -0.2) is 4.92 Å². The van der Waals surface area contributed by atoms with Crippen LogP contribution in [-0.2, 0) is 0 Å². The lowest BCUT2D eigenvalue weighted by Crippen LogP contribution is -1.88. The highest BCUT2D eigenvalue weighted by molar-refractivity contribution is 5.89. The van der Waals surface area contributed by atoms with Gasteiger partial charge in [0.2, 0.25) is 0 Å². The Kier molecular flexibility index (Phi) is 3.87. The average Bonchev–Trinajstić information content (AvgIpc) is 2.47. The lowest BCUT2D eigenvalue weighted by Gasteiger charge is -2.00. The summed E-state index contributed by atoms with van der Waals surface area (Å²) in [6.07, 6.45) is 1.60. The Balaban J connectivity index is 2.35.